The fraction of sp³-hybridized carbons (Fsp3) is 0.625. The van der Waals surface area contributed by atoms with Gasteiger partial charge in [-0.25, -0.2) is 4.98 Å². The smallest absolute Gasteiger partial charge is 0.272 e. The lowest BCUT2D eigenvalue weighted by atomic mass is 9.78. The van der Waals surface area contributed by atoms with Gasteiger partial charge < -0.3 is 19.8 Å². The molecule has 1 aromatic rings. The van der Waals surface area contributed by atoms with Crippen LogP contribution in [-0.4, -0.2) is 59.4 Å². The molecule has 0 saturated carbocycles. The van der Waals surface area contributed by atoms with Crippen LogP contribution >= 0.6 is 0 Å². The number of piperidine rings is 1. The number of carbonyl (C=O) groups is 1. The molecule has 1 aliphatic rings. The van der Waals surface area contributed by atoms with Gasteiger partial charge in [0.2, 0.25) is 0 Å². The molecule has 6 nitrogen and oxygen atoms in total. The lowest BCUT2D eigenvalue weighted by Crippen LogP contribution is -2.48. The predicted molar refractivity (Wildman–Crippen MR) is 81.3 cm³/mol. The zero-order chi connectivity index (χ0) is 16.0. The first-order valence-electron chi connectivity index (χ1n) is 7.60. The standard InChI is InChI=1S/C16H24N2O4/c1-22-9-7-16(12-20)6-3-8-18(11-16)15(21)14-5-2-4-13(10-19)17-14/h2,4-5,19-20H,3,6-12H2,1H3/t16-/m1/s1. The topological polar surface area (TPSA) is 82.9 Å². The summed E-state index contributed by atoms with van der Waals surface area (Å²) in [6.07, 6.45) is 2.48. The van der Waals surface area contributed by atoms with Crippen molar-refractivity contribution in [3.8, 4) is 0 Å². The van der Waals surface area contributed by atoms with Crippen molar-refractivity contribution in [3.63, 3.8) is 0 Å². The number of methoxy groups -OCH3 is 1. The van der Waals surface area contributed by atoms with E-state index in [2.05, 4.69) is 4.98 Å². The van der Waals surface area contributed by atoms with Gasteiger partial charge in [0.05, 0.1) is 18.9 Å². The Morgan fingerprint density at radius 2 is 2.27 bits per heavy atom. The highest BCUT2D eigenvalue weighted by atomic mass is 16.5. The van der Waals surface area contributed by atoms with Crippen molar-refractivity contribution < 1.29 is 19.7 Å². The van der Waals surface area contributed by atoms with E-state index in [1.807, 2.05) is 0 Å². The third-order valence-electron chi connectivity index (χ3n) is 4.31. The predicted octanol–water partition coefficient (Wildman–Crippen LogP) is 0.825. The molecule has 1 fully saturated rings. The van der Waals surface area contributed by atoms with Crippen LogP contribution in [0.2, 0.25) is 0 Å². The van der Waals surface area contributed by atoms with Gasteiger partial charge in [-0.2, -0.15) is 0 Å². The first-order valence-corrected chi connectivity index (χ1v) is 7.60. The van der Waals surface area contributed by atoms with Crippen molar-refractivity contribution in [1.82, 2.24) is 9.88 Å². The molecule has 1 atom stereocenters. The molecular formula is C16H24N2O4. The average Bonchev–Trinajstić information content (AvgIpc) is 2.59. The highest BCUT2D eigenvalue weighted by molar-refractivity contribution is 5.92. The molecule has 6 heteroatoms. The average molecular weight is 308 g/mol. The maximum absolute atomic E-state index is 12.6. The Morgan fingerprint density at radius 1 is 1.45 bits per heavy atom. The minimum absolute atomic E-state index is 0.0459. The van der Waals surface area contributed by atoms with Crippen molar-refractivity contribution in [3.05, 3.63) is 29.6 Å². The van der Waals surface area contributed by atoms with E-state index in [0.717, 1.165) is 19.3 Å². The fourth-order valence-corrected chi connectivity index (χ4v) is 2.96. The number of rotatable bonds is 6. The SMILES string of the molecule is COCC[C@]1(CO)CCCN(C(=O)c2cccc(CO)n2)C1. The summed E-state index contributed by atoms with van der Waals surface area (Å²) in [7, 11) is 1.64. The minimum Gasteiger partial charge on any atom is -0.396 e. The van der Waals surface area contributed by atoms with Crippen molar-refractivity contribution >= 4 is 5.91 Å². The van der Waals surface area contributed by atoms with Crippen LogP contribution in [0.4, 0.5) is 0 Å². The number of hydrogen-bond acceptors (Lipinski definition) is 5. The Bertz CT molecular complexity index is 509. The summed E-state index contributed by atoms with van der Waals surface area (Å²) >= 11 is 0. The van der Waals surface area contributed by atoms with E-state index in [-0.39, 0.29) is 24.5 Å². The van der Waals surface area contributed by atoms with Crippen LogP contribution in [0.3, 0.4) is 0 Å². The molecule has 0 bridgehead atoms. The fourth-order valence-electron chi connectivity index (χ4n) is 2.96. The van der Waals surface area contributed by atoms with Gasteiger partial charge in [-0.1, -0.05) is 6.07 Å². The lowest BCUT2D eigenvalue weighted by molar-refractivity contribution is 0.00871. The van der Waals surface area contributed by atoms with Gasteiger partial charge in [-0.05, 0) is 31.4 Å². The number of ether oxygens (including phenoxy) is 1. The minimum atomic E-state index is -0.293. The summed E-state index contributed by atoms with van der Waals surface area (Å²) in [6.45, 7) is 1.61. The largest absolute Gasteiger partial charge is 0.396 e. The Balaban J connectivity index is 2.11. The maximum atomic E-state index is 12.6. The van der Waals surface area contributed by atoms with Gasteiger partial charge in [-0.15, -0.1) is 0 Å². The lowest BCUT2D eigenvalue weighted by Gasteiger charge is -2.41. The number of likely N-dealkylation sites (tertiary alicyclic amines) is 1. The van der Waals surface area contributed by atoms with Crippen molar-refractivity contribution in [2.24, 2.45) is 5.41 Å². The Hall–Kier alpha value is -1.50. The second-order valence-electron chi connectivity index (χ2n) is 5.90. The third kappa shape index (κ3) is 3.82. The van der Waals surface area contributed by atoms with Gasteiger partial charge in [0.15, 0.2) is 0 Å². The highest BCUT2D eigenvalue weighted by Gasteiger charge is 2.36. The molecular weight excluding hydrogens is 284 g/mol. The number of pyridine rings is 1. The summed E-state index contributed by atoms with van der Waals surface area (Å²) in [5.41, 5.74) is 0.529. The zero-order valence-corrected chi connectivity index (χ0v) is 13.0. The molecule has 0 spiro atoms. The summed E-state index contributed by atoms with van der Waals surface area (Å²) in [5, 5.41) is 18.9. The third-order valence-corrected chi connectivity index (χ3v) is 4.31. The van der Waals surface area contributed by atoms with Crippen LogP contribution < -0.4 is 0 Å². The van der Waals surface area contributed by atoms with Crippen LogP contribution in [0.15, 0.2) is 18.2 Å². The van der Waals surface area contributed by atoms with E-state index in [1.54, 1.807) is 30.2 Å². The highest BCUT2D eigenvalue weighted by Crippen LogP contribution is 2.33. The summed E-state index contributed by atoms with van der Waals surface area (Å²) in [6, 6.07) is 5.06. The van der Waals surface area contributed by atoms with E-state index in [0.29, 0.717) is 31.1 Å². The van der Waals surface area contributed by atoms with Gasteiger partial charge >= 0.3 is 0 Å². The van der Waals surface area contributed by atoms with Crippen molar-refractivity contribution in [2.75, 3.05) is 33.4 Å². The molecule has 0 radical (unpaired) electrons. The van der Waals surface area contributed by atoms with Crippen molar-refractivity contribution in [2.45, 2.75) is 25.9 Å². The molecule has 0 aliphatic carbocycles. The molecule has 22 heavy (non-hydrogen) atoms. The summed E-state index contributed by atoms with van der Waals surface area (Å²) < 4.78 is 5.13. The molecule has 0 unspecified atom stereocenters. The number of carbonyl (C=O) groups excluding carboxylic acids is 1. The van der Waals surface area contributed by atoms with Gasteiger partial charge in [-0.3, -0.25) is 4.79 Å². The number of amides is 1. The van der Waals surface area contributed by atoms with Crippen molar-refractivity contribution in [1.29, 1.82) is 0 Å². The molecule has 1 aliphatic heterocycles. The first kappa shape index (κ1) is 16.9. The maximum Gasteiger partial charge on any atom is 0.272 e. The molecule has 0 aromatic carbocycles. The number of aliphatic hydroxyl groups is 2. The quantitative estimate of drug-likeness (QED) is 0.813. The Morgan fingerprint density at radius 3 is 2.95 bits per heavy atom. The number of hydrogen-bond donors (Lipinski definition) is 2. The molecule has 1 saturated heterocycles. The Labute approximate surface area is 130 Å². The number of aromatic nitrogens is 1. The molecule has 1 aromatic heterocycles. The van der Waals surface area contributed by atoms with Crippen LogP contribution in [0, 0.1) is 5.41 Å². The number of nitrogens with zero attached hydrogens (tertiary/aromatic N) is 2. The van der Waals surface area contributed by atoms with Gasteiger partial charge in [0.1, 0.15) is 5.69 Å². The second-order valence-corrected chi connectivity index (χ2v) is 5.90. The van der Waals surface area contributed by atoms with Gasteiger partial charge in [0.25, 0.3) is 5.91 Å². The first-order chi connectivity index (χ1) is 10.6. The van der Waals surface area contributed by atoms with Crippen LogP contribution in [-0.2, 0) is 11.3 Å². The molecule has 1 amide bonds. The van der Waals surface area contributed by atoms with E-state index in [4.69, 9.17) is 9.84 Å². The van der Waals surface area contributed by atoms with E-state index in [9.17, 15) is 9.90 Å². The van der Waals surface area contributed by atoms with E-state index in [1.165, 1.54) is 0 Å². The second kappa shape index (κ2) is 7.67. The van der Waals surface area contributed by atoms with E-state index < -0.39 is 0 Å². The van der Waals surface area contributed by atoms with Crippen LogP contribution in [0.1, 0.15) is 35.4 Å². The van der Waals surface area contributed by atoms with E-state index >= 15 is 0 Å². The van der Waals surface area contributed by atoms with Crippen LogP contribution in [0.5, 0.6) is 0 Å². The van der Waals surface area contributed by atoms with Gasteiger partial charge in [0, 0.05) is 32.2 Å². The summed E-state index contributed by atoms with van der Waals surface area (Å²) in [4.78, 5) is 18.5. The molecule has 2 rings (SSSR count). The molecule has 2 N–H and O–H groups in total. The molecule has 122 valence electrons. The summed E-state index contributed by atoms with van der Waals surface area (Å²) in [5.74, 6) is -0.148. The number of aliphatic hydroxyl groups excluding tert-OH is 2. The van der Waals surface area contributed by atoms with Crippen LogP contribution in [0.25, 0.3) is 0 Å². The zero-order valence-electron chi connectivity index (χ0n) is 13.0. The molecule has 2 heterocycles. The monoisotopic (exact) mass is 308 g/mol. The normalized spacial score (nSPS) is 21.9. The Kier molecular flexibility index (Phi) is 5.88.